The summed E-state index contributed by atoms with van der Waals surface area (Å²) >= 11 is 4.71. The van der Waals surface area contributed by atoms with E-state index in [1.165, 1.54) is 17.4 Å². The zero-order valence-electron chi connectivity index (χ0n) is 14.2. The van der Waals surface area contributed by atoms with Crippen molar-refractivity contribution in [3.8, 4) is 10.4 Å². The second-order valence-corrected chi connectivity index (χ2v) is 8.23. The SMILES string of the molecule is CN1Cc2ccc(Br)cc2-c2sc(C(=O)Nc3c(F)cccc3F)nc2C1. The summed E-state index contributed by atoms with van der Waals surface area (Å²) in [5, 5.41) is 2.47. The van der Waals surface area contributed by atoms with Crippen LogP contribution in [-0.2, 0) is 13.1 Å². The van der Waals surface area contributed by atoms with Crippen LogP contribution in [-0.4, -0.2) is 22.8 Å². The minimum absolute atomic E-state index is 0.170. The molecule has 0 bridgehead atoms. The quantitative estimate of drug-likeness (QED) is 0.595. The van der Waals surface area contributed by atoms with Crippen molar-refractivity contribution in [3.63, 3.8) is 0 Å². The number of anilines is 1. The van der Waals surface area contributed by atoms with Crippen LogP contribution in [0, 0.1) is 11.6 Å². The van der Waals surface area contributed by atoms with Crippen molar-refractivity contribution < 1.29 is 13.6 Å². The molecule has 27 heavy (non-hydrogen) atoms. The van der Waals surface area contributed by atoms with Crippen LogP contribution in [0.5, 0.6) is 0 Å². The van der Waals surface area contributed by atoms with Crippen molar-refractivity contribution in [1.29, 1.82) is 0 Å². The van der Waals surface area contributed by atoms with Gasteiger partial charge in [-0.2, -0.15) is 0 Å². The molecule has 0 unspecified atom stereocenters. The van der Waals surface area contributed by atoms with Crippen molar-refractivity contribution in [1.82, 2.24) is 9.88 Å². The van der Waals surface area contributed by atoms with Crippen molar-refractivity contribution in [2.24, 2.45) is 0 Å². The molecule has 8 heteroatoms. The van der Waals surface area contributed by atoms with Crippen LogP contribution in [0.4, 0.5) is 14.5 Å². The van der Waals surface area contributed by atoms with Gasteiger partial charge < -0.3 is 5.32 Å². The third-order valence-electron chi connectivity index (χ3n) is 4.27. The average molecular weight is 450 g/mol. The molecule has 0 fully saturated rings. The van der Waals surface area contributed by atoms with E-state index >= 15 is 0 Å². The summed E-state index contributed by atoms with van der Waals surface area (Å²) in [7, 11) is 1.98. The van der Waals surface area contributed by atoms with Crippen LogP contribution in [0.3, 0.4) is 0 Å². The van der Waals surface area contributed by atoms with Crippen molar-refractivity contribution in [3.05, 3.63) is 68.8 Å². The largest absolute Gasteiger partial charge is 0.315 e. The number of hydrogen-bond acceptors (Lipinski definition) is 4. The van der Waals surface area contributed by atoms with Crippen molar-refractivity contribution in [2.75, 3.05) is 12.4 Å². The molecule has 1 amide bonds. The van der Waals surface area contributed by atoms with Gasteiger partial charge in [0.2, 0.25) is 0 Å². The first kappa shape index (κ1) is 18.2. The van der Waals surface area contributed by atoms with Gasteiger partial charge in [0.25, 0.3) is 5.91 Å². The van der Waals surface area contributed by atoms with Gasteiger partial charge in [-0.25, -0.2) is 13.8 Å². The van der Waals surface area contributed by atoms with Gasteiger partial charge in [-0.3, -0.25) is 9.69 Å². The maximum Gasteiger partial charge on any atom is 0.284 e. The molecule has 1 N–H and O–H groups in total. The van der Waals surface area contributed by atoms with Crippen molar-refractivity contribution >= 4 is 38.9 Å². The lowest BCUT2D eigenvalue weighted by atomic mass is 10.1. The molecule has 2 aromatic carbocycles. The first-order chi connectivity index (χ1) is 12.9. The highest BCUT2D eigenvalue weighted by atomic mass is 79.9. The van der Waals surface area contributed by atoms with E-state index in [1.54, 1.807) is 0 Å². The van der Waals surface area contributed by atoms with Crippen molar-refractivity contribution in [2.45, 2.75) is 13.1 Å². The summed E-state index contributed by atoms with van der Waals surface area (Å²) in [4.78, 5) is 20.0. The molecule has 0 saturated heterocycles. The van der Waals surface area contributed by atoms with E-state index in [-0.39, 0.29) is 5.01 Å². The molecule has 1 aromatic heterocycles. The van der Waals surface area contributed by atoms with Gasteiger partial charge in [-0.1, -0.05) is 28.1 Å². The normalized spacial score (nSPS) is 13.6. The number of rotatable bonds is 2. The highest BCUT2D eigenvalue weighted by Gasteiger charge is 2.25. The molecule has 138 valence electrons. The molecule has 0 aliphatic carbocycles. The number of nitrogens with one attached hydrogen (secondary N) is 1. The zero-order chi connectivity index (χ0) is 19.1. The standard InChI is InChI=1S/C19H14BrF2N3OS/c1-25-8-10-5-6-11(20)7-12(10)17-15(9-25)23-19(27-17)18(26)24-16-13(21)3-2-4-14(16)22/h2-7H,8-9H2,1H3,(H,24,26). The molecule has 0 atom stereocenters. The maximum atomic E-state index is 13.8. The second-order valence-electron chi connectivity index (χ2n) is 6.32. The van der Waals surface area contributed by atoms with Gasteiger partial charge in [0, 0.05) is 17.6 Å². The van der Waals surface area contributed by atoms with E-state index in [9.17, 15) is 13.6 Å². The highest BCUT2D eigenvalue weighted by molar-refractivity contribution is 9.10. The topological polar surface area (TPSA) is 45.2 Å². The molecule has 1 aliphatic rings. The van der Waals surface area contributed by atoms with Crippen LogP contribution in [0.15, 0.2) is 40.9 Å². The Kier molecular flexibility index (Phi) is 4.79. The first-order valence-electron chi connectivity index (χ1n) is 8.15. The Bertz CT molecular complexity index is 1030. The number of para-hydroxylation sites is 1. The first-order valence-corrected chi connectivity index (χ1v) is 9.75. The van der Waals surface area contributed by atoms with Gasteiger partial charge in [0.1, 0.15) is 17.3 Å². The van der Waals surface area contributed by atoms with E-state index in [1.807, 2.05) is 25.2 Å². The third kappa shape index (κ3) is 3.52. The Morgan fingerprint density at radius 2 is 1.96 bits per heavy atom. The number of amides is 1. The number of nitrogens with zero attached hydrogens (tertiary/aromatic N) is 2. The number of aromatic nitrogens is 1. The number of hydrogen-bond donors (Lipinski definition) is 1. The Morgan fingerprint density at radius 1 is 1.22 bits per heavy atom. The monoisotopic (exact) mass is 449 g/mol. The molecule has 4 rings (SSSR count). The summed E-state index contributed by atoms with van der Waals surface area (Å²) < 4.78 is 28.6. The third-order valence-corrected chi connectivity index (χ3v) is 5.89. The molecular weight excluding hydrogens is 436 g/mol. The Hall–Kier alpha value is -2.16. The van der Waals surface area contributed by atoms with Crippen LogP contribution < -0.4 is 5.32 Å². The highest BCUT2D eigenvalue weighted by Crippen LogP contribution is 2.38. The fourth-order valence-corrected chi connectivity index (χ4v) is 4.43. The summed E-state index contributed by atoms with van der Waals surface area (Å²) in [6.45, 7) is 1.35. The Morgan fingerprint density at radius 3 is 2.70 bits per heavy atom. The van der Waals surface area contributed by atoms with Gasteiger partial charge in [-0.15, -0.1) is 11.3 Å². The van der Waals surface area contributed by atoms with E-state index in [2.05, 4.69) is 31.1 Å². The minimum atomic E-state index is -0.824. The van der Waals surface area contributed by atoms with Gasteiger partial charge in [0.05, 0.1) is 10.6 Å². The van der Waals surface area contributed by atoms with Crippen LogP contribution in [0.25, 0.3) is 10.4 Å². The minimum Gasteiger partial charge on any atom is -0.315 e. The fraction of sp³-hybridized carbons (Fsp3) is 0.158. The number of carbonyl (C=O) groups is 1. The Balaban J connectivity index is 1.73. The number of halogens is 3. The lowest BCUT2D eigenvalue weighted by Crippen LogP contribution is -2.17. The predicted molar refractivity (Wildman–Crippen MR) is 105 cm³/mol. The predicted octanol–water partition coefficient (Wildman–Crippen LogP) is 5.05. The zero-order valence-corrected chi connectivity index (χ0v) is 16.6. The summed E-state index contributed by atoms with van der Waals surface area (Å²) in [6.07, 6.45) is 0. The van der Waals surface area contributed by atoms with Crippen LogP contribution >= 0.6 is 27.3 Å². The molecule has 3 aromatic rings. The molecule has 4 nitrogen and oxygen atoms in total. The summed E-state index contributed by atoms with van der Waals surface area (Å²) in [5.74, 6) is -2.28. The number of benzene rings is 2. The molecule has 2 heterocycles. The molecule has 1 aliphatic heterocycles. The maximum absolute atomic E-state index is 13.8. The molecular formula is C19H14BrF2N3OS. The van der Waals surface area contributed by atoms with Gasteiger partial charge in [0.15, 0.2) is 5.01 Å². The van der Waals surface area contributed by atoms with E-state index in [4.69, 9.17) is 0 Å². The molecule has 0 radical (unpaired) electrons. The Labute approximate surface area is 167 Å². The smallest absolute Gasteiger partial charge is 0.284 e. The summed E-state index contributed by atoms with van der Waals surface area (Å²) in [6, 6.07) is 9.46. The van der Waals surface area contributed by atoms with E-state index < -0.39 is 23.2 Å². The lowest BCUT2D eigenvalue weighted by molar-refractivity contribution is 0.102. The second kappa shape index (κ2) is 7.10. The average Bonchev–Trinajstić information content (AvgIpc) is 2.98. The number of thiazole rings is 1. The lowest BCUT2D eigenvalue weighted by Gasteiger charge is -2.13. The van der Waals surface area contributed by atoms with Crippen LogP contribution in [0.1, 0.15) is 21.1 Å². The van der Waals surface area contributed by atoms with E-state index in [0.29, 0.717) is 6.54 Å². The number of carbonyl (C=O) groups excluding carboxylic acids is 1. The van der Waals surface area contributed by atoms with Gasteiger partial charge in [-0.05, 0) is 42.4 Å². The fourth-order valence-electron chi connectivity index (χ4n) is 3.05. The summed E-state index contributed by atoms with van der Waals surface area (Å²) in [5.41, 5.74) is 2.46. The molecule has 0 saturated carbocycles. The van der Waals surface area contributed by atoms with Crippen LogP contribution in [0.2, 0.25) is 0 Å². The number of fused-ring (bicyclic) bond motifs is 3. The molecule has 0 spiro atoms. The van der Waals surface area contributed by atoms with Gasteiger partial charge >= 0.3 is 0 Å². The van der Waals surface area contributed by atoms with E-state index in [0.717, 1.165) is 44.8 Å².